The van der Waals surface area contributed by atoms with Gasteiger partial charge in [0.05, 0.1) is 5.54 Å². The lowest BCUT2D eigenvalue weighted by Crippen LogP contribution is -2.48. The summed E-state index contributed by atoms with van der Waals surface area (Å²) in [7, 11) is 0. The Morgan fingerprint density at radius 3 is 2.39 bits per heavy atom. The number of benzene rings is 1. The molecule has 0 radical (unpaired) electrons. The van der Waals surface area contributed by atoms with Crippen molar-refractivity contribution >= 4 is 24.0 Å². The minimum absolute atomic E-state index is 0. The molecule has 1 aliphatic carbocycles. The molecule has 0 spiro atoms. The Hall–Kier alpha value is -1.20. The van der Waals surface area contributed by atoms with Crippen molar-refractivity contribution in [2.75, 3.05) is 5.32 Å². The zero-order valence-corrected chi connectivity index (χ0v) is 10.5. The third-order valence-corrected chi connectivity index (χ3v) is 3.13. The summed E-state index contributed by atoms with van der Waals surface area (Å²) >= 11 is 0. The molecule has 1 saturated carbocycles. The first-order valence-electron chi connectivity index (χ1n) is 5.57. The average molecular weight is 277 g/mol. The second-order valence-electron chi connectivity index (χ2n) is 4.45. The van der Waals surface area contributed by atoms with Gasteiger partial charge in [0.1, 0.15) is 0 Å². The molecule has 0 saturated heterocycles. The van der Waals surface area contributed by atoms with Gasteiger partial charge in [-0.25, -0.2) is 8.78 Å². The fourth-order valence-corrected chi connectivity index (χ4v) is 2.06. The van der Waals surface area contributed by atoms with Gasteiger partial charge in [-0.1, -0.05) is 12.8 Å². The number of carbonyl (C=O) groups excluding carboxylic acids is 1. The van der Waals surface area contributed by atoms with Crippen LogP contribution in [0.5, 0.6) is 0 Å². The zero-order valence-electron chi connectivity index (χ0n) is 9.71. The van der Waals surface area contributed by atoms with Crippen LogP contribution < -0.4 is 11.1 Å². The molecule has 6 heteroatoms. The Labute approximate surface area is 110 Å². The maximum absolute atomic E-state index is 12.9. The smallest absolute Gasteiger partial charge is 0.244 e. The second-order valence-corrected chi connectivity index (χ2v) is 4.45. The van der Waals surface area contributed by atoms with E-state index < -0.39 is 17.2 Å². The first-order chi connectivity index (χ1) is 8.01. The summed E-state index contributed by atoms with van der Waals surface area (Å²) in [4.78, 5) is 11.9. The third kappa shape index (κ3) is 2.97. The van der Waals surface area contributed by atoms with Crippen molar-refractivity contribution in [1.82, 2.24) is 0 Å². The van der Waals surface area contributed by atoms with Crippen LogP contribution in [0.1, 0.15) is 25.7 Å². The summed E-state index contributed by atoms with van der Waals surface area (Å²) in [6.45, 7) is 0. The van der Waals surface area contributed by atoms with Gasteiger partial charge in [-0.2, -0.15) is 0 Å². The molecule has 1 aromatic carbocycles. The highest BCUT2D eigenvalue weighted by Crippen LogP contribution is 2.28. The molecule has 1 amide bonds. The monoisotopic (exact) mass is 276 g/mol. The number of nitrogens with two attached hydrogens (primary N) is 1. The molecule has 1 aliphatic rings. The Balaban J connectivity index is 0.00000162. The van der Waals surface area contributed by atoms with Crippen molar-refractivity contribution in [1.29, 1.82) is 0 Å². The number of hydrogen-bond donors (Lipinski definition) is 2. The first-order valence-corrected chi connectivity index (χ1v) is 5.57. The van der Waals surface area contributed by atoms with Gasteiger partial charge < -0.3 is 11.1 Å². The van der Waals surface area contributed by atoms with Crippen LogP contribution in [0.25, 0.3) is 0 Å². The fraction of sp³-hybridized carbons (Fsp3) is 0.417. The number of amides is 1. The van der Waals surface area contributed by atoms with Crippen LogP contribution in [0, 0.1) is 11.6 Å². The second kappa shape index (κ2) is 5.63. The normalized spacial score (nSPS) is 17.1. The van der Waals surface area contributed by atoms with E-state index in [9.17, 15) is 13.6 Å². The molecule has 3 nitrogen and oxygen atoms in total. The Morgan fingerprint density at radius 2 is 1.83 bits per heavy atom. The van der Waals surface area contributed by atoms with Crippen molar-refractivity contribution in [3.8, 4) is 0 Å². The maximum atomic E-state index is 12.9. The van der Waals surface area contributed by atoms with E-state index in [0.717, 1.165) is 25.0 Å². The van der Waals surface area contributed by atoms with Crippen molar-refractivity contribution in [3.63, 3.8) is 0 Å². The van der Waals surface area contributed by atoms with E-state index >= 15 is 0 Å². The number of rotatable bonds is 2. The minimum atomic E-state index is -0.986. The van der Waals surface area contributed by atoms with Crippen LogP contribution in [0.3, 0.4) is 0 Å². The standard InChI is InChI=1S/C12H14F2N2O.ClH/c13-9-4-3-8(7-10(9)14)16-11(17)12(15)5-1-2-6-12;/h3-4,7H,1-2,5-6,15H2,(H,16,17);1H. The quantitative estimate of drug-likeness (QED) is 0.872. The molecule has 2 rings (SSSR count). The predicted molar refractivity (Wildman–Crippen MR) is 67.6 cm³/mol. The Kier molecular flexibility index (Phi) is 4.65. The van der Waals surface area contributed by atoms with E-state index in [2.05, 4.69) is 5.32 Å². The molecule has 18 heavy (non-hydrogen) atoms. The van der Waals surface area contributed by atoms with Gasteiger partial charge in [0.15, 0.2) is 11.6 Å². The van der Waals surface area contributed by atoms with Crippen LogP contribution in [-0.4, -0.2) is 11.4 Å². The van der Waals surface area contributed by atoms with E-state index in [1.54, 1.807) is 0 Å². The van der Waals surface area contributed by atoms with Crippen LogP contribution in [-0.2, 0) is 4.79 Å². The van der Waals surface area contributed by atoms with Gasteiger partial charge in [0.2, 0.25) is 5.91 Å². The number of anilines is 1. The summed E-state index contributed by atoms with van der Waals surface area (Å²) in [5.41, 5.74) is 5.30. The molecule has 0 heterocycles. The van der Waals surface area contributed by atoms with Gasteiger partial charge in [0.25, 0.3) is 0 Å². The molecule has 100 valence electrons. The van der Waals surface area contributed by atoms with Gasteiger partial charge >= 0.3 is 0 Å². The highest BCUT2D eigenvalue weighted by atomic mass is 35.5. The van der Waals surface area contributed by atoms with Crippen molar-refractivity contribution in [2.45, 2.75) is 31.2 Å². The lowest BCUT2D eigenvalue weighted by molar-refractivity contribution is -0.121. The van der Waals surface area contributed by atoms with Crippen molar-refractivity contribution in [3.05, 3.63) is 29.8 Å². The SMILES string of the molecule is Cl.NC1(C(=O)Nc2ccc(F)c(F)c2)CCCC1. The molecule has 3 N–H and O–H groups in total. The summed E-state index contributed by atoms with van der Waals surface area (Å²) in [5.74, 6) is -2.26. The highest BCUT2D eigenvalue weighted by molar-refractivity contribution is 5.98. The zero-order chi connectivity index (χ0) is 12.5. The molecule has 1 aromatic rings. The molecule has 0 unspecified atom stereocenters. The lowest BCUT2D eigenvalue weighted by atomic mass is 9.98. The topological polar surface area (TPSA) is 55.1 Å². The summed E-state index contributed by atoms with van der Waals surface area (Å²) in [6.07, 6.45) is 3.09. The molecule has 1 fully saturated rings. The maximum Gasteiger partial charge on any atom is 0.244 e. The summed E-state index contributed by atoms with van der Waals surface area (Å²) < 4.78 is 25.6. The van der Waals surface area contributed by atoms with Crippen molar-refractivity contribution < 1.29 is 13.6 Å². The third-order valence-electron chi connectivity index (χ3n) is 3.13. The minimum Gasteiger partial charge on any atom is -0.324 e. The molecule has 0 bridgehead atoms. The number of hydrogen-bond acceptors (Lipinski definition) is 2. The van der Waals surface area contributed by atoms with E-state index in [4.69, 9.17) is 5.73 Å². The molecule has 0 aliphatic heterocycles. The van der Waals surface area contributed by atoms with Gasteiger partial charge in [-0.3, -0.25) is 4.79 Å². The molecular weight excluding hydrogens is 262 g/mol. The first kappa shape index (κ1) is 14.9. The molecule has 0 atom stereocenters. The van der Waals surface area contributed by atoms with E-state index in [1.807, 2.05) is 0 Å². The average Bonchev–Trinajstić information content (AvgIpc) is 2.72. The molecular formula is C12H15ClF2N2O. The number of halogens is 3. The van der Waals surface area contributed by atoms with Crippen LogP contribution in [0.4, 0.5) is 14.5 Å². The molecule has 0 aromatic heterocycles. The Bertz CT molecular complexity index is 448. The lowest BCUT2D eigenvalue weighted by Gasteiger charge is -2.22. The van der Waals surface area contributed by atoms with Gasteiger partial charge in [0, 0.05) is 11.8 Å². The van der Waals surface area contributed by atoms with E-state index in [-0.39, 0.29) is 24.0 Å². The predicted octanol–water partition coefficient (Wildman–Crippen LogP) is 2.60. The van der Waals surface area contributed by atoms with Gasteiger partial charge in [-0.15, -0.1) is 12.4 Å². The van der Waals surface area contributed by atoms with Crippen molar-refractivity contribution in [2.24, 2.45) is 5.73 Å². The van der Waals surface area contributed by atoms with Crippen LogP contribution in [0.15, 0.2) is 18.2 Å². The highest BCUT2D eigenvalue weighted by Gasteiger charge is 2.36. The van der Waals surface area contributed by atoms with Gasteiger partial charge in [-0.05, 0) is 25.0 Å². The largest absolute Gasteiger partial charge is 0.324 e. The summed E-state index contributed by atoms with van der Waals surface area (Å²) in [6, 6.07) is 3.24. The number of nitrogens with one attached hydrogen (secondary N) is 1. The number of carbonyl (C=O) groups is 1. The van der Waals surface area contributed by atoms with Crippen LogP contribution >= 0.6 is 12.4 Å². The van der Waals surface area contributed by atoms with Crippen LogP contribution in [0.2, 0.25) is 0 Å². The van der Waals surface area contributed by atoms with E-state index in [0.29, 0.717) is 12.8 Å². The van der Waals surface area contributed by atoms with E-state index in [1.165, 1.54) is 6.07 Å². The fourth-order valence-electron chi connectivity index (χ4n) is 2.06. The Morgan fingerprint density at radius 1 is 1.22 bits per heavy atom. The summed E-state index contributed by atoms with van der Waals surface area (Å²) in [5, 5.41) is 2.52.